The van der Waals surface area contributed by atoms with E-state index in [0.717, 1.165) is 43.8 Å². The molecule has 4 bridgehead atoms. The second-order valence-corrected chi connectivity index (χ2v) is 8.01. The summed E-state index contributed by atoms with van der Waals surface area (Å²) in [6.45, 7) is 2.07. The van der Waals surface area contributed by atoms with Gasteiger partial charge in [0.15, 0.2) is 0 Å². The van der Waals surface area contributed by atoms with Gasteiger partial charge < -0.3 is 15.4 Å². The summed E-state index contributed by atoms with van der Waals surface area (Å²) in [7, 11) is 0. The van der Waals surface area contributed by atoms with Crippen molar-refractivity contribution in [3.63, 3.8) is 0 Å². The number of amides is 1. The summed E-state index contributed by atoms with van der Waals surface area (Å²) in [5.74, 6) is 2.98. The van der Waals surface area contributed by atoms with Gasteiger partial charge in [-0.1, -0.05) is 0 Å². The summed E-state index contributed by atoms with van der Waals surface area (Å²) >= 11 is 0. The largest absolute Gasteiger partial charge is 0.381 e. The molecule has 5 fully saturated rings. The molecule has 1 heterocycles. The second kappa shape index (κ2) is 5.54. The smallest absolute Gasteiger partial charge is 0.234 e. The van der Waals surface area contributed by atoms with Gasteiger partial charge in [-0.25, -0.2) is 0 Å². The molecule has 0 aromatic heterocycles. The molecule has 0 aromatic carbocycles. The highest BCUT2D eigenvalue weighted by atomic mass is 16.5. The zero-order chi connectivity index (χ0) is 14.3. The molecule has 4 saturated carbocycles. The zero-order valence-electron chi connectivity index (χ0n) is 12.9. The number of hydrogen-bond acceptors (Lipinski definition) is 3. The summed E-state index contributed by atoms with van der Waals surface area (Å²) in [5, 5.41) is 6.84. The van der Waals surface area contributed by atoms with E-state index < -0.39 is 0 Å². The highest BCUT2D eigenvalue weighted by Crippen LogP contribution is 2.55. The molecule has 2 N–H and O–H groups in total. The summed E-state index contributed by atoms with van der Waals surface area (Å²) in [6.07, 6.45) is 10.2. The van der Waals surface area contributed by atoms with E-state index in [9.17, 15) is 4.79 Å². The second-order valence-electron chi connectivity index (χ2n) is 8.01. The highest BCUT2D eigenvalue weighted by Gasteiger charge is 2.50. The fourth-order valence-electron chi connectivity index (χ4n) is 5.72. The molecule has 0 atom stereocenters. The number of ether oxygens (including phenoxy) is 1. The lowest BCUT2D eigenvalue weighted by atomic mass is 9.53. The number of carbonyl (C=O) groups is 1. The predicted octanol–water partition coefficient (Wildman–Crippen LogP) is 1.84. The van der Waals surface area contributed by atoms with Crippen LogP contribution < -0.4 is 10.6 Å². The fraction of sp³-hybridized carbons (Fsp3) is 0.941. The summed E-state index contributed by atoms with van der Waals surface area (Å²) in [6, 6.07) is 0.324. The number of rotatable bonds is 4. The van der Waals surface area contributed by atoms with Crippen LogP contribution >= 0.6 is 0 Å². The summed E-state index contributed by atoms with van der Waals surface area (Å²) in [5.41, 5.74) is 0.293. The lowest BCUT2D eigenvalue weighted by Crippen LogP contribution is -2.60. The van der Waals surface area contributed by atoms with Gasteiger partial charge in [-0.05, 0) is 69.1 Å². The molecule has 5 aliphatic rings. The van der Waals surface area contributed by atoms with Gasteiger partial charge in [0.25, 0.3) is 0 Å². The van der Waals surface area contributed by atoms with Crippen molar-refractivity contribution in [3.8, 4) is 0 Å². The third kappa shape index (κ3) is 2.98. The van der Waals surface area contributed by atoms with Crippen molar-refractivity contribution in [2.75, 3.05) is 19.8 Å². The topological polar surface area (TPSA) is 50.4 Å². The van der Waals surface area contributed by atoms with E-state index >= 15 is 0 Å². The van der Waals surface area contributed by atoms with Gasteiger partial charge in [-0.15, -0.1) is 0 Å². The molecular weight excluding hydrogens is 264 g/mol. The van der Waals surface area contributed by atoms with Gasteiger partial charge in [-0.3, -0.25) is 4.79 Å². The molecule has 1 amide bonds. The van der Waals surface area contributed by atoms with Crippen LogP contribution in [0.3, 0.4) is 0 Å². The van der Waals surface area contributed by atoms with Crippen LogP contribution in [0.2, 0.25) is 0 Å². The molecule has 4 aliphatic carbocycles. The van der Waals surface area contributed by atoms with Crippen LogP contribution in [0, 0.1) is 17.8 Å². The Bertz CT molecular complexity index is 368. The van der Waals surface area contributed by atoms with Gasteiger partial charge in [0, 0.05) is 24.8 Å². The Labute approximate surface area is 127 Å². The molecule has 0 aromatic rings. The molecule has 0 radical (unpaired) electrons. The van der Waals surface area contributed by atoms with E-state index in [1.54, 1.807) is 0 Å². The Balaban J connectivity index is 1.29. The quantitative estimate of drug-likeness (QED) is 0.831. The van der Waals surface area contributed by atoms with Crippen molar-refractivity contribution < 1.29 is 9.53 Å². The molecule has 21 heavy (non-hydrogen) atoms. The van der Waals surface area contributed by atoms with Crippen molar-refractivity contribution in [2.45, 2.75) is 62.9 Å². The molecular formula is C17H28N2O2. The van der Waals surface area contributed by atoms with Gasteiger partial charge in [0.05, 0.1) is 6.54 Å². The maximum atomic E-state index is 12.2. The van der Waals surface area contributed by atoms with E-state index in [2.05, 4.69) is 10.6 Å². The van der Waals surface area contributed by atoms with Gasteiger partial charge in [0.1, 0.15) is 0 Å². The lowest BCUT2D eigenvalue weighted by Gasteiger charge is -2.57. The van der Waals surface area contributed by atoms with E-state index in [0.29, 0.717) is 18.1 Å². The van der Waals surface area contributed by atoms with Crippen LogP contribution in [-0.2, 0) is 9.53 Å². The molecule has 0 unspecified atom stereocenters. The minimum atomic E-state index is 0.178. The third-order valence-electron chi connectivity index (χ3n) is 6.25. The maximum Gasteiger partial charge on any atom is 0.234 e. The van der Waals surface area contributed by atoms with Crippen molar-refractivity contribution in [3.05, 3.63) is 0 Å². The average Bonchev–Trinajstić information content (AvgIpc) is 2.45. The molecule has 118 valence electrons. The molecule has 1 saturated heterocycles. The van der Waals surface area contributed by atoms with Gasteiger partial charge in [0.2, 0.25) is 5.91 Å². The van der Waals surface area contributed by atoms with E-state index in [1.807, 2.05) is 0 Å². The van der Waals surface area contributed by atoms with Gasteiger partial charge >= 0.3 is 0 Å². The minimum absolute atomic E-state index is 0.178. The van der Waals surface area contributed by atoms with Crippen molar-refractivity contribution in [1.82, 2.24) is 10.6 Å². The van der Waals surface area contributed by atoms with Crippen molar-refractivity contribution in [1.29, 1.82) is 0 Å². The van der Waals surface area contributed by atoms with Crippen LogP contribution in [-0.4, -0.2) is 37.2 Å². The Hall–Kier alpha value is -0.610. The molecule has 4 heteroatoms. The normalized spacial score (nSPS) is 42.2. The Morgan fingerprint density at radius 1 is 1.00 bits per heavy atom. The van der Waals surface area contributed by atoms with Crippen molar-refractivity contribution in [2.24, 2.45) is 17.8 Å². The van der Waals surface area contributed by atoms with Crippen molar-refractivity contribution >= 4 is 5.91 Å². The third-order valence-corrected chi connectivity index (χ3v) is 6.25. The standard InChI is InChI=1S/C17H28N2O2/c20-16(19-15-1-3-21-4-2-15)11-18-17-8-12-5-13(9-17)7-14(6-12)10-17/h12-15,18H,1-11H2,(H,19,20). The Kier molecular flexibility index (Phi) is 3.70. The monoisotopic (exact) mass is 292 g/mol. The minimum Gasteiger partial charge on any atom is -0.381 e. The van der Waals surface area contributed by atoms with Crippen LogP contribution in [0.15, 0.2) is 0 Å². The number of hydrogen-bond donors (Lipinski definition) is 2. The Morgan fingerprint density at radius 3 is 2.14 bits per heavy atom. The predicted molar refractivity (Wildman–Crippen MR) is 80.9 cm³/mol. The molecule has 1 aliphatic heterocycles. The fourth-order valence-corrected chi connectivity index (χ4v) is 5.72. The van der Waals surface area contributed by atoms with E-state index in [4.69, 9.17) is 4.74 Å². The zero-order valence-corrected chi connectivity index (χ0v) is 12.9. The van der Waals surface area contributed by atoms with Crippen LogP contribution in [0.5, 0.6) is 0 Å². The first-order chi connectivity index (χ1) is 10.2. The Morgan fingerprint density at radius 2 is 1.57 bits per heavy atom. The highest BCUT2D eigenvalue weighted by molar-refractivity contribution is 5.78. The first-order valence-electron chi connectivity index (χ1n) is 8.83. The van der Waals surface area contributed by atoms with Gasteiger partial charge in [-0.2, -0.15) is 0 Å². The first kappa shape index (κ1) is 14.0. The lowest BCUT2D eigenvalue weighted by molar-refractivity contribution is -0.122. The molecule has 4 nitrogen and oxygen atoms in total. The molecule has 0 spiro atoms. The number of carbonyl (C=O) groups excluding carboxylic acids is 1. The first-order valence-corrected chi connectivity index (χ1v) is 8.83. The van der Waals surface area contributed by atoms with E-state index in [-0.39, 0.29) is 5.91 Å². The van der Waals surface area contributed by atoms with Crippen LogP contribution in [0.1, 0.15) is 51.4 Å². The van der Waals surface area contributed by atoms with Crippen LogP contribution in [0.25, 0.3) is 0 Å². The maximum absolute atomic E-state index is 12.2. The average molecular weight is 292 g/mol. The number of nitrogens with one attached hydrogen (secondary N) is 2. The van der Waals surface area contributed by atoms with E-state index in [1.165, 1.54) is 38.5 Å². The summed E-state index contributed by atoms with van der Waals surface area (Å²) in [4.78, 5) is 12.2. The summed E-state index contributed by atoms with van der Waals surface area (Å²) < 4.78 is 5.34. The SMILES string of the molecule is O=C(CNC12CC3CC(CC(C3)C1)C2)NC1CCOCC1. The molecule has 5 rings (SSSR count). The van der Waals surface area contributed by atoms with Crippen LogP contribution in [0.4, 0.5) is 0 Å².